The third-order valence-corrected chi connectivity index (χ3v) is 5.54. The minimum Gasteiger partial charge on any atom is -0.387 e. The quantitative estimate of drug-likeness (QED) is 0.112. The fraction of sp³-hybridized carbons (Fsp3) is 0.800. The molecule has 2 atom stereocenters. The lowest BCUT2D eigenvalue weighted by Gasteiger charge is -2.26. The van der Waals surface area contributed by atoms with Crippen LogP contribution in [0.4, 0.5) is 0 Å². The summed E-state index contributed by atoms with van der Waals surface area (Å²) in [6.07, 6.45) is 17.2. The molecule has 0 saturated heterocycles. The molecule has 0 aliphatic rings. The minimum absolute atomic E-state index is 0.250. The zero-order valence-corrected chi connectivity index (χ0v) is 19.2. The van der Waals surface area contributed by atoms with Gasteiger partial charge in [0.15, 0.2) is 0 Å². The maximum atomic E-state index is 11.0. The van der Waals surface area contributed by atoms with E-state index < -0.39 is 25.5 Å². The largest absolute Gasteiger partial charge is 0.387 e. The first-order valence-corrected chi connectivity index (χ1v) is 13.2. The Morgan fingerprint density at radius 2 is 1.41 bits per heavy atom. The van der Waals surface area contributed by atoms with E-state index in [1.54, 1.807) is 6.08 Å². The van der Waals surface area contributed by atoms with Crippen molar-refractivity contribution in [2.24, 2.45) is 0 Å². The second-order valence-electron chi connectivity index (χ2n) is 7.25. The molecule has 0 rings (SSSR count). The number of nitrogens with zero attached hydrogens (tertiary/aromatic N) is 1. The lowest BCUT2D eigenvalue weighted by atomic mass is 10.0. The lowest BCUT2D eigenvalue weighted by molar-refractivity contribution is -0.134. The van der Waals surface area contributed by atoms with Crippen molar-refractivity contribution in [1.29, 1.82) is 0 Å². The zero-order chi connectivity index (χ0) is 22.0. The van der Waals surface area contributed by atoms with E-state index in [4.69, 9.17) is 14.3 Å². The van der Waals surface area contributed by atoms with Crippen molar-refractivity contribution in [3.05, 3.63) is 12.2 Å². The number of imide groups is 1. The van der Waals surface area contributed by atoms with Gasteiger partial charge in [-0.05, 0) is 24.6 Å². The Hall–Kier alpha value is -0.630. The summed E-state index contributed by atoms with van der Waals surface area (Å²) in [7, 11) is 0. The molecule has 0 saturated carbocycles. The molecule has 9 heteroatoms. The maximum Gasteiger partial charge on any atom is 0.321 e. The predicted molar refractivity (Wildman–Crippen MR) is 119 cm³/mol. The Morgan fingerprint density at radius 3 is 1.86 bits per heavy atom. The van der Waals surface area contributed by atoms with Crippen LogP contribution in [-0.4, -0.2) is 51.4 Å². The van der Waals surface area contributed by atoms with Crippen molar-refractivity contribution >= 4 is 31.3 Å². The zero-order valence-electron chi connectivity index (χ0n) is 17.5. The minimum atomic E-state index is -3.94. The molecule has 0 aromatic rings. The van der Waals surface area contributed by atoms with E-state index in [0.717, 1.165) is 19.3 Å². The number of carbonyl (C=O) groups excluding carboxylic acids is 2. The average Bonchev–Trinajstić information content (AvgIpc) is 2.67. The van der Waals surface area contributed by atoms with Crippen LogP contribution in [0.1, 0.15) is 84.0 Å². The summed E-state index contributed by atoms with van der Waals surface area (Å²) in [6.45, 7) is -2.16. The number of hydrogen-bond acceptors (Lipinski definition) is 5. The van der Waals surface area contributed by atoms with Crippen LogP contribution >= 0.6 is 6.72 Å². The molecule has 0 heterocycles. The van der Waals surface area contributed by atoms with Gasteiger partial charge in [0.2, 0.25) is 12.8 Å². The Balaban J connectivity index is 4.01. The topological polar surface area (TPSA) is 107 Å². The van der Waals surface area contributed by atoms with E-state index in [1.807, 2.05) is 0 Å². The molecule has 0 bridgehead atoms. The Labute approximate surface area is 180 Å². The van der Waals surface area contributed by atoms with Gasteiger partial charge in [-0.25, -0.2) is 0 Å². The van der Waals surface area contributed by atoms with Gasteiger partial charge in [0.25, 0.3) is 0 Å². The summed E-state index contributed by atoms with van der Waals surface area (Å²) in [6, 6.07) is -1.07. The normalized spacial score (nSPS) is 14.1. The summed E-state index contributed by atoms with van der Waals surface area (Å²) in [5.41, 5.74) is 0. The highest BCUT2D eigenvalue weighted by molar-refractivity contribution is 8.06. The first-order valence-electron chi connectivity index (χ1n) is 10.6. The van der Waals surface area contributed by atoms with Crippen LogP contribution in [0.15, 0.2) is 12.2 Å². The molecular weight excluding hydrogens is 413 g/mol. The number of aliphatic hydroxyl groups is 1. The van der Waals surface area contributed by atoms with E-state index in [0.29, 0.717) is 4.90 Å². The second kappa shape index (κ2) is 18.2. The molecule has 0 spiro atoms. The molecule has 2 amide bonds. The van der Waals surface area contributed by atoms with Crippen molar-refractivity contribution in [3.8, 4) is 0 Å². The fourth-order valence-electron chi connectivity index (χ4n) is 3.01. The first-order chi connectivity index (χ1) is 13.9. The monoisotopic (exact) mass is 451 g/mol. The standard InChI is InChI=1S/C20H38NO6PS/c1-2-3-4-5-6-7-8-9-10-11-12-13-14-15-20(24)19(21(17-22)18-23)16-27-28(25,26)29/h14-15,17-20,24H,2-13,16H2,1H3,(H2,25,26,29)/b15-14+/t19-,20+/m0/s1. The fourth-order valence-corrected chi connectivity index (χ4v) is 3.54. The summed E-state index contributed by atoms with van der Waals surface area (Å²) >= 11 is 4.35. The number of amides is 2. The molecular formula is C20H38NO6PS. The van der Waals surface area contributed by atoms with Crippen molar-refractivity contribution in [3.63, 3.8) is 0 Å². The lowest BCUT2D eigenvalue weighted by Crippen LogP contribution is -2.44. The van der Waals surface area contributed by atoms with E-state index in [2.05, 4.69) is 18.7 Å². The van der Waals surface area contributed by atoms with Crippen molar-refractivity contribution in [1.82, 2.24) is 4.90 Å². The van der Waals surface area contributed by atoms with Gasteiger partial charge in [0, 0.05) is 0 Å². The van der Waals surface area contributed by atoms with Gasteiger partial charge >= 0.3 is 6.72 Å². The number of allylic oxidation sites excluding steroid dienone is 1. The van der Waals surface area contributed by atoms with E-state index in [1.165, 1.54) is 63.9 Å². The number of carbonyl (C=O) groups is 2. The van der Waals surface area contributed by atoms with Crippen LogP contribution in [0, 0.1) is 0 Å². The summed E-state index contributed by atoms with van der Waals surface area (Å²) in [4.78, 5) is 40.9. The van der Waals surface area contributed by atoms with Crippen LogP contribution in [0.3, 0.4) is 0 Å². The Bertz CT molecular complexity index is 491. The Kier molecular flexibility index (Phi) is 17.8. The number of aliphatic hydroxyl groups excluding tert-OH is 1. The van der Waals surface area contributed by atoms with Crippen molar-refractivity contribution in [2.75, 3.05) is 6.61 Å². The number of hydrogen-bond donors (Lipinski definition) is 3. The van der Waals surface area contributed by atoms with Crippen LogP contribution in [0.5, 0.6) is 0 Å². The molecule has 0 aliphatic carbocycles. The third-order valence-electron chi connectivity index (χ3n) is 4.74. The SMILES string of the molecule is CCCCCCCCCCCCC/C=C/[C@@H](O)[C@H](COP(O)(O)=S)N(C=O)C=O. The summed E-state index contributed by atoms with van der Waals surface area (Å²) < 4.78 is 4.70. The average molecular weight is 452 g/mol. The van der Waals surface area contributed by atoms with Gasteiger partial charge in [0.05, 0.1) is 18.8 Å². The smallest absolute Gasteiger partial charge is 0.321 e. The first kappa shape index (κ1) is 28.4. The molecule has 0 aromatic carbocycles. The van der Waals surface area contributed by atoms with Crippen LogP contribution in [0.25, 0.3) is 0 Å². The maximum absolute atomic E-state index is 11.0. The molecule has 3 N–H and O–H groups in total. The number of unbranched alkanes of at least 4 members (excludes halogenated alkanes) is 11. The summed E-state index contributed by atoms with van der Waals surface area (Å²) in [5, 5.41) is 10.2. The van der Waals surface area contributed by atoms with E-state index >= 15 is 0 Å². The van der Waals surface area contributed by atoms with E-state index in [9.17, 15) is 14.7 Å². The van der Waals surface area contributed by atoms with Gasteiger partial charge < -0.3 is 19.4 Å². The molecule has 170 valence electrons. The van der Waals surface area contributed by atoms with Crippen LogP contribution < -0.4 is 0 Å². The molecule has 0 fully saturated rings. The predicted octanol–water partition coefficient (Wildman–Crippen LogP) is 3.81. The van der Waals surface area contributed by atoms with Gasteiger partial charge in [0.1, 0.15) is 0 Å². The van der Waals surface area contributed by atoms with E-state index in [-0.39, 0.29) is 12.8 Å². The van der Waals surface area contributed by atoms with Crippen LogP contribution in [-0.2, 0) is 25.9 Å². The second-order valence-corrected chi connectivity index (χ2v) is 9.92. The highest BCUT2D eigenvalue weighted by atomic mass is 32.5. The molecule has 0 aromatic heterocycles. The van der Waals surface area contributed by atoms with Gasteiger partial charge in [-0.3, -0.25) is 14.5 Å². The highest BCUT2D eigenvalue weighted by Gasteiger charge is 2.26. The van der Waals surface area contributed by atoms with Gasteiger partial charge in [-0.15, -0.1) is 0 Å². The molecule has 0 aliphatic heterocycles. The van der Waals surface area contributed by atoms with Gasteiger partial charge in [-0.2, -0.15) is 0 Å². The number of rotatable bonds is 20. The Morgan fingerprint density at radius 1 is 0.931 bits per heavy atom. The third kappa shape index (κ3) is 16.8. The molecule has 29 heavy (non-hydrogen) atoms. The molecule has 7 nitrogen and oxygen atoms in total. The van der Waals surface area contributed by atoms with Crippen molar-refractivity contribution in [2.45, 2.75) is 96.1 Å². The van der Waals surface area contributed by atoms with Crippen molar-refractivity contribution < 1.29 is 29.0 Å². The highest BCUT2D eigenvalue weighted by Crippen LogP contribution is 2.36. The van der Waals surface area contributed by atoms with Crippen LogP contribution in [0.2, 0.25) is 0 Å². The molecule has 0 unspecified atom stereocenters. The molecule has 0 radical (unpaired) electrons. The van der Waals surface area contributed by atoms with Gasteiger partial charge in [-0.1, -0.05) is 83.3 Å². The summed E-state index contributed by atoms with van der Waals surface area (Å²) in [5.74, 6) is 0.